The van der Waals surface area contributed by atoms with Crippen LogP contribution in [0.25, 0.3) is 10.8 Å². The summed E-state index contributed by atoms with van der Waals surface area (Å²) in [6.07, 6.45) is 2.08. The van der Waals surface area contributed by atoms with Gasteiger partial charge in [0.25, 0.3) is 0 Å². The van der Waals surface area contributed by atoms with E-state index >= 15 is 0 Å². The quantitative estimate of drug-likeness (QED) is 0.658. The molecule has 2 aromatic carbocycles. The summed E-state index contributed by atoms with van der Waals surface area (Å²) < 4.78 is 0. The minimum absolute atomic E-state index is 0.729. The van der Waals surface area contributed by atoms with Gasteiger partial charge in [-0.05, 0) is 35.9 Å². The van der Waals surface area contributed by atoms with Crippen molar-refractivity contribution in [2.75, 3.05) is 5.33 Å². The summed E-state index contributed by atoms with van der Waals surface area (Å²) in [4.78, 5) is 0. The molecule has 0 saturated heterocycles. The lowest BCUT2D eigenvalue weighted by molar-refractivity contribution is 0.942. The zero-order valence-electron chi connectivity index (χ0n) is 8.64. The van der Waals surface area contributed by atoms with Crippen molar-refractivity contribution in [2.45, 2.75) is 12.8 Å². The van der Waals surface area contributed by atoms with Crippen LogP contribution in [0.3, 0.4) is 0 Å². The number of aryl methyl sites for hydroxylation is 1. The number of benzene rings is 2. The van der Waals surface area contributed by atoms with Crippen LogP contribution in [-0.2, 0) is 6.42 Å². The van der Waals surface area contributed by atoms with Gasteiger partial charge in [-0.25, -0.2) is 0 Å². The molecule has 84 valence electrons. The molecule has 0 radical (unpaired) electrons. The average Bonchev–Trinajstić information content (AvgIpc) is 2.29. The van der Waals surface area contributed by atoms with E-state index in [9.17, 15) is 0 Å². The summed E-state index contributed by atoms with van der Waals surface area (Å²) in [5.41, 5.74) is 1.19. The normalized spacial score (nSPS) is 10.9. The van der Waals surface area contributed by atoms with Crippen molar-refractivity contribution < 1.29 is 0 Å². The molecule has 0 heterocycles. The zero-order chi connectivity index (χ0) is 11.5. The SMILES string of the molecule is Clc1ccc2ccc(CCCBr)c(Cl)c2c1. The van der Waals surface area contributed by atoms with E-state index in [1.807, 2.05) is 18.2 Å². The lowest BCUT2D eigenvalue weighted by Gasteiger charge is -2.07. The minimum atomic E-state index is 0.729. The second kappa shape index (κ2) is 5.39. The molecule has 0 aromatic heterocycles. The van der Waals surface area contributed by atoms with Crippen LogP contribution in [0.4, 0.5) is 0 Å². The molecule has 0 aliphatic rings. The Morgan fingerprint density at radius 1 is 1.06 bits per heavy atom. The number of alkyl halides is 1. The van der Waals surface area contributed by atoms with Crippen LogP contribution >= 0.6 is 39.1 Å². The second-order valence-corrected chi connectivity index (χ2v) is 5.30. The number of hydrogen-bond donors (Lipinski definition) is 0. The number of hydrogen-bond acceptors (Lipinski definition) is 0. The van der Waals surface area contributed by atoms with Crippen LogP contribution < -0.4 is 0 Å². The first-order valence-corrected chi connectivity index (χ1v) is 7.02. The van der Waals surface area contributed by atoms with Gasteiger partial charge in [0.15, 0.2) is 0 Å². The molecule has 0 aliphatic carbocycles. The van der Waals surface area contributed by atoms with E-state index in [0.717, 1.165) is 39.0 Å². The first-order valence-electron chi connectivity index (χ1n) is 5.15. The second-order valence-electron chi connectivity index (χ2n) is 3.70. The Morgan fingerprint density at radius 2 is 1.81 bits per heavy atom. The van der Waals surface area contributed by atoms with E-state index in [1.54, 1.807) is 0 Å². The third-order valence-corrected chi connectivity index (χ3v) is 3.82. The molecule has 0 bridgehead atoms. The monoisotopic (exact) mass is 316 g/mol. The summed E-state index contributed by atoms with van der Waals surface area (Å²) >= 11 is 15.8. The van der Waals surface area contributed by atoms with Crippen LogP contribution in [-0.4, -0.2) is 5.33 Å². The highest BCUT2D eigenvalue weighted by Crippen LogP contribution is 2.30. The maximum atomic E-state index is 6.38. The predicted molar refractivity (Wildman–Crippen MR) is 76.1 cm³/mol. The van der Waals surface area contributed by atoms with Gasteiger partial charge in [0.1, 0.15) is 0 Å². The van der Waals surface area contributed by atoms with Crippen LogP contribution in [0.15, 0.2) is 30.3 Å². The molecule has 0 amide bonds. The molecule has 0 aliphatic heterocycles. The maximum Gasteiger partial charge on any atom is 0.0516 e. The molecule has 0 atom stereocenters. The van der Waals surface area contributed by atoms with Crippen molar-refractivity contribution in [1.29, 1.82) is 0 Å². The van der Waals surface area contributed by atoms with Crippen LogP contribution in [0.2, 0.25) is 10.0 Å². The summed E-state index contributed by atoms with van der Waals surface area (Å²) in [7, 11) is 0. The van der Waals surface area contributed by atoms with Gasteiger partial charge in [0, 0.05) is 15.7 Å². The Morgan fingerprint density at radius 3 is 2.56 bits per heavy atom. The first-order chi connectivity index (χ1) is 7.72. The molecule has 0 nitrogen and oxygen atoms in total. The van der Waals surface area contributed by atoms with E-state index in [1.165, 1.54) is 5.56 Å². The van der Waals surface area contributed by atoms with E-state index in [4.69, 9.17) is 23.2 Å². The highest BCUT2D eigenvalue weighted by atomic mass is 79.9. The highest BCUT2D eigenvalue weighted by Gasteiger charge is 2.05. The fraction of sp³-hybridized carbons (Fsp3) is 0.231. The van der Waals surface area contributed by atoms with Crippen molar-refractivity contribution in [3.8, 4) is 0 Å². The van der Waals surface area contributed by atoms with Gasteiger partial charge in [-0.15, -0.1) is 0 Å². The van der Waals surface area contributed by atoms with Crippen molar-refractivity contribution in [3.05, 3.63) is 45.9 Å². The van der Waals surface area contributed by atoms with Crippen LogP contribution in [0.5, 0.6) is 0 Å². The van der Waals surface area contributed by atoms with Crippen molar-refractivity contribution >= 4 is 49.9 Å². The van der Waals surface area contributed by atoms with Crippen molar-refractivity contribution in [1.82, 2.24) is 0 Å². The van der Waals surface area contributed by atoms with Crippen molar-refractivity contribution in [2.24, 2.45) is 0 Å². The molecular weight excluding hydrogens is 307 g/mol. The number of fused-ring (bicyclic) bond motifs is 1. The van der Waals surface area contributed by atoms with E-state index < -0.39 is 0 Å². The van der Waals surface area contributed by atoms with E-state index in [-0.39, 0.29) is 0 Å². The first kappa shape index (κ1) is 12.2. The average molecular weight is 318 g/mol. The zero-order valence-corrected chi connectivity index (χ0v) is 11.7. The minimum Gasteiger partial charge on any atom is -0.0928 e. The molecule has 0 N–H and O–H groups in total. The van der Waals surface area contributed by atoms with Gasteiger partial charge >= 0.3 is 0 Å². The highest BCUT2D eigenvalue weighted by molar-refractivity contribution is 9.09. The smallest absolute Gasteiger partial charge is 0.0516 e. The van der Waals surface area contributed by atoms with Crippen molar-refractivity contribution in [3.63, 3.8) is 0 Å². The summed E-state index contributed by atoms with van der Waals surface area (Å²) in [5.74, 6) is 0. The van der Waals surface area contributed by atoms with Crippen LogP contribution in [0, 0.1) is 0 Å². The van der Waals surface area contributed by atoms with Gasteiger partial charge in [-0.2, -0.15) is 0 Å². The number of halogens is 3. The Kier molecular flexibility index (Phi) is 4.12. The topological polar surface area (TPSA) is 0 Å². The molecular formula is C13H11BrCl2. The van der Waals surface area contributed by atoms with Gasteiger partial charge in [0.05, 0.1) is 5.02 Å². The third-order valence-electron chi connectivity index (χ3n) is 2.58. The Bertz CT molecular complexity index is 509. The molecule has 0 saturated carbocycles. The van der Waals surface area contributed by atoms with Gasteiger partial charge in [0.2, 0.25) is 0 Å². The molecule has 16 heavy (non-hydrogen) atoms. The molecule has 2 aromatic rings. The summed E-state index contributed by atoms with van der Waals surface area (Å²) in [5, 5.41) is 4.74. The van der Waals surface area contributed by atoms with Gasteiger partial charge < -0.3 is 0 Å². The third kappa shape index (κ3) is 2.53. The molecule has 3 heteroatoms. The maximum absolute atomic E-state index is 6.38. The predicted octanol–water partition coefficient (Wildman–Crippen LogP) is 5.47. The Balaban J connectivity index is 2.50. The molecule has 0 unspecified atom stereocenters. The fourth-order valence-corrected chi connectivity index (χ4v) is 2.52. The Hall–Kier alpha value is -0.240. The molecule has 0 spiro atoms. The molecule has 0 fully saturated rings. The van der Waals surface area contributed by atoms with Gasteiger partial charge in [-0.1, -0.05) is 57.3 Å². The lowest BCUT2D eigenvalue weighted by Crippen LogP contribution is -1.88. The molecule has 2 rings (SSSR count). The van der Waals surface area contributed by atoms with Gasteiger partial charge in [-0.3, -0.25) is 0 Å². The summed E-state index contributed by atoms with van der Waals surface area (Å²) in [6, 6.07) is 10.0. The van der Waals surface area contributed by atoms with E-state index in [2.05, 4.69) is 28.1 Å². The standard InChI is InChI=1S/C13H11BrCl2/c14-7-1-2-10-4-3-9-5-6-11(15)8-12(9)13(10)16/h3-6,8H,1-2,7H2. The van der Waals surface area contributed by atoms with Crippen LogP contribution in [0.1, 0.15) is 12.0 Å². The summed E-state index contributed by atoms with van der Waals surface area (Å²) in [6.45, 7) is 0. The van der Waals surface area contributed by atoms with E-state index in [0.29, 0.717) is 0 Å². The number of rotatable bonds is 3. The Labute approximate surface area is 114 Å². The largest absolute Gasteiger partial charge is 0.0928 e. The fourth-order valence-electron chi connectivity index (χ4n) is 1.75. The lowest BCUT2D eigenvalue weighted by atomic mass is 10.0.